The number of carboxylic acids is 1. The second-order valence-corrected chi connectivity index (χ2v) is 10.4. The van der Waals surface area contributed by atoms with Gasteiger partial charge in [-0.3, -0.25) is 9.59 Å². The maximum absolute atomic E-state index is 13.0. The fourth-order valence-corrected chi connectivity index (χ4v) is 4.00. The van der Waals surface area contributed by atoms with E-state index in [2.05, 4.69) is 10.6 Å². The van der Waals surface area contributed by atoms with Crippen LogP contribution in [-0.4, -0.2) is 63.5 Å². The standard InChI is InChI=1S/C21H40BN3O7/c1-13(2)20(6,25-18(29)32-19(3,4)5)16(26)24-12-15-8-7-14(9-10-22(30)31)11-21(15,23)17(27)28/h13-15,30-31H,7-12,23H2,1-6H3,(H,24,26)(H,25,29)(H,27,28)/t14-,15-,20?,21+/m0/s1. The average molecular weight is 457 g/mol. The Morgan fingerprint density at radius 2 is 1.78 bits per heavy atom. The van der Waals surface area contributed by atoms with Gasteiger partial charge in [-0.2, -0.15) is 0 Å². The van der Waals surface area contributed by atoms with Gasteiger partial charge in [-0.05, 0) is 65.1 Å². The van der Waals surface area contributed by atoms with Crippen LogP contribution in [0.15, 0.2) is 0 Å². The highest BCUT2D eigenvalue weighted by molar-refractivity contribution is 6.40. The van der Waals surface area contributed by atoms with Crippen molar-refractivity contribution in [1.29, 1.82) is 0 Å². The number of hydrogen-bond donors (Lipinski definition) is 6. The Balaban J connectivity index is 2.86. The summed E-state index contributed by atoms with van der Waals surface area (Å²) in [6, 6.07) is 0. The number of hydrogen-bond acceptors (Lipinski definition) is 7. The first-order chi connectivity index (χ1) is 14.5. The number of alkyl carbamates (subject to hydrolysis) is 1. The van der Waals surface area contributed by atoms with Gasteiger partial charge in [-0.1, -0.05) is 20.3 Å². The van der Waals surface area contributed by atoms with Crippen molar-refractivity contribution >= 4 is 25.1 Å². The van der Waals surface area contributed by atoms with Crippen LogP contribution >= 0.6 is 0 Å². The second-order valence-electron chi connectivity index (χ2n) is 10.4. The molecule has 0 saturated heterocycles. The van der Waals surface area contributed by atoms with Crippen LogP contribution in [0.25, 0.3) is 0 Å². The number of ether oxygens (including phenoxy) is 1. The average Bonchev–Trinajstić information content (AvgIpc) is 2.63. The number of carbonyl (C=O) groups is 3. The molecule has 1 unspecified atom stereocenters. The summed E-state index contributed by atoms with van der Waals surface area (Å²) in [5.41, 5.74) is 2.76. The Morgan fingerprint density at radius 3 is 2.25 bits per heavy atom. The summed E-state index contributed by atoms with van der Waals surface area (Å²) in [4.78, 5) is 37.3. The molecule has 0 spiro atoms. The van der Waals surface area contributed by atoms with Crippen molar-refractivity contribution in [3.05, 3.63) is 0 Å². The van der Waals surface area contributed by atoms with Gasteiger partial charge in [-0.25, -0.2) is 4.79 Å². The van der Waals surface area contributed by atoms with Crippen LogP contribution in [0.5, 0.6) is 0 Å². The first kappa shape index (κ1) is 28.2. The SMILES string of the molecule is CC(C)C(C)(NC(=O)OC(C)(C)C)C(=O)NC[C@@H]1CC[C@@H](CCB(O)O)C[C@]1(N)C(=O)O. The number of carboxylic acid groups (broad SMARTS) is 1. The molecule has 11 heteroatoms. The van der Waals surface area contributed by atoms with E-state index in [1.165, 1.54) is 0 Å². The summed E-state index contributed by atoms with van der Waals surface area (Å²) < 4.78 is 5.28. The van der Waals surface area contributed by atoms with Crippen molar-refractivity contribution in [2.75, 3.05) is 6.54 Å². The third-order valence-electron chi connectivity index (χ3n) is 6.41. The van der Waals surface area contributed by atoms with Crippen LogP contribution < -0.4 is 16.4 Å². The van der Waals surface area contributed by atoms with E-state index in [4.69, 9.17) is 20.5 Å². The van der Waals surface area contributed by atoms with Crippen LogP contribution in [0, 0.1) is 17.8 Å². The van der Waals surface area contributed by atoms with Gasteiger partial charge >= 0.3 is 19.2 Å². The molecule has 0 radical (unpaired) electrons. The normalized spacial score (nSPS) is 25.6. The Morgan fingerprint density at radius 1 is 1.19 bits per heavy atom. The minimum absolute atomic E-state index is 0.0420. The highest BCUT2D eigenvalue weighted by Gasteiger charge is 2.48. The summed E-state index contributed by atoms with van der Waals surface area (Å²) in [5, 5.41) is 33.4. The van der Waals surface area contributed by atoms with Crippen molar-refractivity contribution in [1.82, 2.24) is 10.6 Å². The molecule has 0 aromatic heterocycles. The van der Waals surface area contributed by atoms with Crippen molar-refractivity contribution in [3.8, 4) is 0 Å². The van der Waals surface area contributed by atoms with Crippen LogP contribution in [0.3, 0.4) is 0 Å². The smallest absolute Gasteiger partial charge is 0.451 e. The molecule has 32 heavy (non-hydrogen) atoms. The monoisotopic (exact) mass is 457 g/mol. The maximum atomic E-state index is 13.0. The van der Waals surface area contributed by atoms with Gasteiger partial charge in [0.25, 0.3) is 0 Å². The molecule has 1 rings (SSSR count). The van der Waals surface area contributed by atoms with E-state index < -0.39 is 47.7 Å². The number of nitrogens with one attached hydrogen (secondary N) is 2. The van der Waals surface area contributed by atoms with Crippen LogP contribution in [-0.2, 0) is 14.3 Å². The van der Waals surface area contributed by atoms with Gasteiger partial charge in [0.15, 0.2) is 0 Å². The highest BCUT2D eigenvalue weighted by Crippen LogP contribution is 2.38. The van der Waals surface area contributed by atoms with Crippen LogP contribution in [0.4, 0.5) is 4.79 Å². The molecular formula is C21H40BN3O7. The molecular weight excluding hydrogens is 417 g/mol. The number of aliphatic carboxylic acids is 1. The summed E-state index contributed by atoms with van der Waals surface area (Å²) >= 11 is 0. The van der Waals surface area contributed by atoms with Crippen molar-refractivity contribution in [2.45, 2.75) is 90.2 Å². The molecule has 10 nitrogen and oxygen atoms in total. The van der Waals surface area contributed by atoms with E-state index in [1.807, 2.05) is 0 Å². The van der Waals surface area contributed by atoms with Crippen LogP contribution in [0.2, 0.25) is 6.32 Å². The van der Waals surface area contributed by atoms with Crippen molar-refractivity contribution in [2.24, 2.45) is 23.5 Å². The minimum Gasteiger partial charge on any atom is -0.480 e. The third-order valence-corrected chi connectivity index (χ3v) is 6.41. The molecule has 7 N–H and O–H groups in total. The lowest BCUT2D eigenvalue weighted by Gasteiger charge is -2.42. The van der Waals surface area contributed by atoms with Gasteiger partial charge < -0.3 is 36.3 Å². The molecule has 4 atom stereocenters. The number of carbonyl (C=O) groups excluding carboxylic acids is 2. The zero-order valence-electron chi connectivity index (χ0n) is 20.1. The van der Waals surface area contributed by atoms with E-state index in [0.29, 0.717) is 19.3 Å². The molecule has 184 valence electrons. The molecule has 0 aromatic rings. The zero-order valence-corrected chi connectivity index (χ0v) is 20.1. The van der Waals surface area contributed by atoms with Gasteiger partial charge in [0.05, 0.1) is 0 Å². The van der Waals surface area contributed by atoms with E-state index in [-0.39, 0.29) is 31.1 Å². The topological polar surface area (TPSA) is 171 Å². The fourth-order valence-electron chi connectivity index (χ4n) is 4.00. The molecule has 0 heterocycles. The first-order valence-electron chi connectivity index (χ1n) is 11.2. The van der Waals surface area contributed by atoms with E-state index in [9.17, 15) is 19.5 Å². The van der Waals surface area contributed by atoms with E-state index >= 15 is 0 Å². The Kier molecular flexibility index (Phi) is 9.56. The lowest BCUT2D eigenvalue weighted by molar-refractivity contribution is -0.148. The summed E-state index contributed by atoms with van der Waals surface area (Å²) in [6.45, 7) is 10.4. The van der Waals surface area contributed by atoms with Gasteiger partial charge in [-0.15, -0.1) is 0 Å². The predicted molar refractivity (Wildman–Crippen MR) is 121 cm³/mol. The molecule has 1 saturated carbocycles. The quantitative estimate of drug-likeness (QED) is 0.280. The second kappa shape index (κ2) is 10.8. The molecule has 0 aliphatic heterocycles. The molecule has 2 amide bonds. The van der Waals surface area contributed by atoms with Crippen molar-refractivity contribution in [3.63, 3.8) is 0 Å². The van der Waals surface area contributed by atoms with Crippen molar-refractivity contribution < 1.29 is 34.3 Å². The zero-order chi connectivity index (χ0) is 24.9. The van der Waals surface area contributed by atoms with E-state index in [0.717, 1.165) is 0 Å². The first-order valence-corrected chi connectivity index (χ1v) is 11.2. The highest BCUT2D eigenvalue weighted by atomic mass is 16.6. The summed E-state index contributed by atoms with van der Waals surface area (Å²) in [7, 11) is -1.44. The minimum atomic E-state index is -1.54. The third kappa shape index (κ3) is 7.63. The van der Waals surface area contributed by atoms with Gasteiger partial charge in [0, 0.05) is 12.5 Å². The van der Waals surface area contributed by atoms with Gasteiger partial charge in [0.2, 0.25) is 5.91 Å². The number of rotatable bonds is 9. The molecule has 1 fully saturated rings. The molecule has 1 aliphatic carbocycles. The largest absolute Gasteiger partial charge is 0.480 e. The Bertz CT molecular complexity index is 683. The lowest BCUT2D eigenvalue weighted by Crippen LogP contribution is -2.63. The predicted octanol–water partition coefficient (Wildman–Crippen LogP) is 1.10. The Hall–Kier alpha value is -1.85. The lowest BCUT2D eigenvalue weighted by atomic mass is 9.66. The number of nitrogens with two attached hydrogens (primary N) is 1. The van der Waals surface area contributed by atoms with E-state index in [1.54, 1.807) is 41.5 Å². The summed E-state index contributed by atoms with van der Waals surface area (Å²) in [6.07, 6.45) is 1.25. The maximum Gasteiger partial charge on any atom is 0.451 e. The molecule has 0 bridgehead atoms. The fraction of sp³-hybridized carbons (Fsp3) is 0.857. The Labute approximate surface area is 190 Å². The van der Waals surface area contributed by atoms with Crippen LogP contribution in [0.1, 0.15) is 67.2 Å². The number of amides is 2. The summed E-state index contributed by atoms with van der Waals surface area (Å²) in [5.74, 6) is -2.41. The molecule has 0 aromatic carbocycles. The molecule has 1 aliphatic rings. The van der Waals surface area contributed by atoms with Gasteiger partial charge in [0.1, 0.15) is 16.7 Å².